The lowest BCUT2D eigenvalue weighted by molar-refractivity contribution is -0.117. The van der Waals surface area contributed by atoms with Gasteiger partial charge in [-0.1, -0.05) is 11.6 Å². The molecule has 0 fully saturated rings. The Balaban J connectivity index is 1.76. The number of hydrogen-bond donors (Lipinski definition) is 3. The van der Waals surface area contributed by atoms with Gasteiger partial charge in [0.1, 0.15) is 10.6 Å². The van der Waals surface area contributed by atoms with Gasteiger partial charge >= 0.3 is 0 Å². The lowest BCUT2D eigenvalue weighted by atomic mass is 10.2. The monoisotopic (exact) mass is 381 g/mol. The van der Waals surface area contributed by atoms with Crippen molar-refractivity contribution < 1.29 is 17.9 Å². The van der Waals surface area contributed by atoms with Gasteiger partial charge in [-0.3, -0.25) is 4.79 Å². The van der Waals surface area contributed by atoms with Gasteiger partial charge in [0.25, 0.3) is 5.91 Å². The quantitative estimate of drug-likeness (QED) is 0.755. The molecule has 0 saturated heterocycles. The number of halogens is 1. The molecule has 1 unspecified atom stereocenters. The van der Waals surface area contributed by atoms with Gasteiger partial charge in [-0.05, 0) is 49.4 Å². The summed E-state index contributed by atoms with van der Waals surface area (Å²) in [6.45, 7) is 2.42. The first-order chi connectivity index (χ1) is 11.9. The Morgan fingerprint density at radius 3 is 2.64 bits per heavy atom. The molecule has 0 bridgehead atoms. The van der Waals surface area contributed by atoms with Crippen LogP contribution in [0.4, 0.5) is 11.4 Å². The van der Waals surface area contributed by atoms with Crippen molar-refractivity contribution in [3.05, 3.63) is 47.5 Å². The van der Waals surface area contributed by atoms with E-state index in [1.54, 1.807) is 30.3 Å². The van der Waals surface area contributed by atoms with Crippen LogP contribution in [0.15, 0.2) is 47.4 Å². The molecule has 132 valence electrons. The van der Waals surface area contributed by atoms with Gasteiger partial charge < -0.3 is 15.4 Å². The van der Waals surface area contributed by atoms with Gasteiger partial charge in [-0.2, -0.15) is 4.72 Å². The number of carbonyl (C=O) groups excluding carboxylic acids is 1. The number of ether oxygens (including phenoxy) is 1. The Morgan fingerprint density at radius 1 is 1.24 bits per heavy atom. The van der Waals surface area contributed by atoms with Gasteiger partial charge in [-0.25, -0.2) is 8.42 Å². The Labute approximate surface area is 150 Å². The van der Waals surface area contributed by atoms with Gasteiger partial charge in [0, 0.05) is 10.7 Å². The molecule has 1 amide bonds. The number of carbonyl (C=O) groups is 1. The molecule has 2 aromatic rings. The fourth-order valence-corrected chi connectivity index (χ4v) is 3.91. The zero-order valence-corrected chi connectivity index (χ0v) is 14.8. The van der Waals surface area contributed by atoms with Crippen LogP contribution in [0.3, 0.4) is 0 Å². The normalized spacial score (nSPS) is 17.9. The van der Waals surface area contributed by atoms with Gasteiger partial charge in [-0.15, -0.1) is 0 Å². The van der Waals surface area contributed by atoms with E-state index in [4.69, 9.17) is 16.3 Å². The number of amides is 1. The number of rotatable bonds is 4. The lowest BCUT2D eigenvalue weighted by Gasteiger charge is -2.27. The van der Waals surface area contributed by atoms with Crippen LogP contribution >= 0.6 is 11.6 Å². The summed E-state index contributed by atoms with van der Waals surface area (Å²) >= 11 is 5.84. The van der Waals surface area contributed by atoms with Crippen molar-refractivity contribution in [3.63, 3.8) is 0 Å². The third kappa shape index (κ3) is 3.87. The second-order valence-electron chi connectivity index (χ2n) is 5.29. The molecule has 2 aromatic carbocycles. The summed E-state index contributed by atoms with van der Waals surface area (Å²) in [5.74, 6) is 0.149. The summed E-state index contributed by atoms with van der Waals surface area (Å²) in [6, 6.07) is 11.2. The smallest absolute Gasteiger partial charge is 0.262 e. The third-order valence-corrected chi connectivity index (χ3v) is 5.20. The first kappa shape index (κ1) is 17.5. The van der Waals surface area contributed by atoms with Crippen LogP contribution in [0, 0.1) is 0 Å². The van der Waals surface area contributed by atoms with Crippen LogP contribution in [0.5, 0.6) is 5.75 Å². The SMILES string of the molecule is CCOc1ccc(NC(=O)C2Nc3ccc(Cl)cc3S(=O)(=O)N2)cc1. The van der Waals surface area contributed by atoms with E-state index in [1.807, 2.05) is 6.92 Å². The van der Waals surface area contributed by atoms with E-state index in [9.17, 15) is 13.2 Å². The number of fused-ring (bicyclic) bond motifs is 1. The maximum absolute atomic E-state index is 12.4. The molecule has 3 N–H and O–H groups in total. The Kier molecular flexibility index (Phi) is 4.85. The molecular weight excluding hydrogens is 366 g/mol. The number of benzene rings is 2. The second kappa shape index (κ2) is 6.91. The molecule has 1 heterocycles. The lowest BCUT2D eigenvalue weighted by Crippen LogP contribution is -2.51. The van der Waals surface area contributed by atoms with E-state index in [1.165, 1.54) is 12.1 Å². The van der Waals surface area contributed by atoms with Gasteiger partial charge in [0.05, 0.1) is 12.3 Å². The van der Waals surface area contributed by atoms with Crippen LogP contribution in [0.2, 0.25) is 5.02 Å². The molecule has 0 spiro atoms. The molecular formula is C16H16ClN3O4S. The molecule has 1 aliphatic heterocycles. The minimum atomic E-state index is -3.84. The fourth-order valence-electron chi connectivity index (χ4n) is 2.38. The Morgan fingerprint density at radius 2 is 1.96 bits per heavy atom. The molecule has 0 saturated carbocycles. The first-order valence-electron chi connectivity index (χ1n) is 7.51. The fraction of sp³-hybridized carbons (Fsp3) is 0.188. The van der Waals surface area contributed by atoms with Crippen LogP contribution in [0.25, 0.3) is 0 Å². The summed E-state index contributed by atoms with van der Waals surface area (Å²) in [6.07, 6.45) is -1.13. The highest BCUT2D eigenvalue weighted by Gasteiger charge is 2.33. The second-order valence-corrected chi connectivity index (χ2v) is 7.40. The van der Waals surface area contributed by atoms with Crippen LogP contribution in [-0.4, -0.2) is 27.1 Å². The largest absolute Gasteiger partial charge is 0.494 e. The van der Waals surface area contributed by atoms with Crippen molar-refractivity contribution in [2.24, 2.45) is 0 Å². The zero-order valence-electron chi connectivity index (χ0n) is 13.2. The van der Waals surface area contributed by atoms with E-state index in [0.29, 0.717) is 28.8 Å². The van der Waals surface area contributed by atoms with Crippen LogP contribution in [0.1, 0.15) is 6.92 Å². The number of sulfonamides is 1. The van der Waals surface area contributed by atoms with E-state index in [0.717, 1.165) is 0 Å². The molecule has 0 aliphatic carbocycles. The van der Waals surface area contributed by atoms with Crippen molar-refractivity contribution in [3.8, 4) is 5.75 Å². The van der Waals surface area contributed by atoms with Crippen LogP contribution in [-0.2, 0) is 14.8 Å². The summed E-state index contributed by atoms with van der Waals surface area (Å²) < 4.78 is 32.2. The third-order valence-electron chi connectivity index (χ3n) is 3.50. The summed E-state index contributed by atoms with van der Waals surface area (Å²) in [5, 5.41) is 5.79. The molecule has 25 heavy (non-hydrogen) atoms. The van der Waals surface area contributed by atoms with Gasteiger partial charge in [0.2, 0.25) is 10.0 Å². The average Bonchev–Trinajstić information content (AvgIpc) is 2.57. The van der Waals surface area contributed by atoms with Crippen molar-refractivity contribution in [1.29, 1.82) is 0 Å². The van der Waals surface area contributed by atoms with E-state index >= 15 is 0 Å². The highest BCUT2D eigenvalue weighted by Crippen LogP contribution is 2.29. The Bertz CT molecular complexity index is 900. The predicted molar refractivity (Wildman–Crippen MR) is 95.4 cm³/mol. The number of anilines is 2. The highest BCUT2D eigenvalue weighted by molar-refractivity contribution is 7.89. The minimum absolute atomic E-state index is 0.00474. The first-order valence-corrected chi connectivity index (χ1v) is 9.37. The van der Waals surface area contributed by atoms with Crippen molar-refractivity contribution in [1.82, 2.24) is 4.72 Å². The molecule has 9 heteroatoms. The summed E-state index contributed by atoms with van der Waals surface area (Å²) in [4.78, 5) is 12.4. The molecule has 1 atom stereocenters. The maximum atomic E-state index is 12.4. The van der Waals surface area contributed by atoms with E-state index < -0.39 is 22.1 Å². The molecule has 7 nitrogen and oxygen atoms in total. The number of hydrogen-bond acceptors (Lipinski definition) is 5. The topological polar surface area (TPSA) is 96.5 Å². The van der Waals surface area contributed by atoms with Crippen molar-refractivity contribution >= 4 is 38.9 Å². The average molecular weight is 382 g/mol. The summed E-state index contributed by atoms with van der Waals surface area (Å²) in [5.41, 5.74) is 0.839. The van der Waals surface area contributed by atoms with E-state index in [-0.39, 0.29) is 4.90 Å². The molecule has 1 aliphatic rings. The highest BCUT2D eigenvalue weighted by atomic mass is 35.5. The maximum Gasteiger partial charge on any atom is 0.262 e. The molecule has 0 radical (unpaired) electrons. The Hall–Kier alpha value is -2.29. The summed E-state index contributed by atoms with van der Waals surface area (Å²) in [7, 11) is -3.84. The van der Waals surface area contributed by atoms with Crippen molar-refractivity contribution in [2.75, 3.05) is 17.2 Å². The van der Waals surface area contributed by atoms with Crippen molar-refractivity contribution in [2.45, 2.75) is 18.0 Å². The van der Waals surface area contributed by atoms with E-state index in [2.05, 4.69) is 15.4 Å². The predicted octanol–water partition coefficient (Wildman–Crippen LogP) is 2.41. The number of nitrogens with one attached hydrogen (secondary N) is 3. The zero-order chi connectivity index (χ0) is 18.0. The molecule has 3 rings (SSSR count). The minimum Gasteiger partial charge on any atom is -0.494 e. The van der Waals surface area contributed by atoms with Gasteiger partial charge in [0.15, 0.2) is 6.17 Å². The van der Waals surface area contributed by atoms with Crippen LogP contribution < -0.4 is 20.1 Å². The molecule has 0 aromatic heterocycles. The standard InChI is InChI=1S/C16H16ClN3O4S/c1-2-24-12-6-4-11(5-7-12)18-16(21)15-19-13-8-3-10(17)9-14(13)25(22,23)20-15/h3-9,15,19-20H,2H2,1H3,(H,18,21).